The zero-order valence-electron chi connectivity index (χ0n) is 13.2. The Hall–Kier alpha value is -2.38. The largest absolute Gasteiger partial charge is 0.465 e. The highest BCUT2D eigenvalue weighted by Gasteiger charge is 2.14. The van der Waals surface area contributed by atoms with E-state index >= 15 is 0 Å². The number of amidine groups is 1. The van der Waals surface area contributed by atoms with Crippen molar-refractivity contribution >= 4 is 40.8 Å². The monoisotopic (exact) mass is 384 g/mol. The van der Waals surface area contributed by atoms with E-state index in [1.54, 1.807) is 0 Å². The number of pyridine rings is 1. The van der Waals surface area contributed by atoms with Gasteiger partial charge in [-0.1, -0.05) is 23.2 Å². The lowest BCUT2D eigenvalue weighted by molar-refractivity contribution is 0.102. The highest BCUT2D eigenvalue weighted by molar-refractivity contribution is 6.36. The van der Waals surface area contributed by atoms with Crippen LogP contribution in [0.1, 0.15) is 16.1 Å². The molecule has 0 aliphatic rings. The lowest BCUT2D eigenvalue weighted by atomic mass is 10.1. The summed E-state index contributed by atoms with van der Waals surface area (Å²) in [5.74, 6) is -0.950. The molecule has 1 aromatic carbocycles. The van der Waals surface area contributed by atoms with E-state index in [1.165, 1.54) is 37.5 Å². The van der Waals surface area contributed by atoms with Crippen molar-refractivity contribution in [2.45, 2.75) is 6.42 Å². The first-order valence-electron chi connectivity index (χ1n) is 7.16. The van der Waals surface area contributed by atoms with E-state index in [2.05, 4.69) is 15.3 Å². The molecule has 0 spiro atoms. The number of amides is 1. The van der Waals surface area contributed by atoms with E-state index in [1.807, 2.05) is 0 Å². The van der Waals surface area contributed by atoms with Crippen molar-refractivity contribution in [2.75, 3.05) is 19.0 Å². The molecule has 6 nitrogen and oxygen atoms in total. The lowest BCUT2D eigenvalue weighted by Gasteiger charge is -2.10. The van der Waals surface area contributed by atoms with Crippen LogP contribution < -0.4 is 11.1 Å². The highest BCUT2D eigenvalue weighted by Crippen LogP contribution is 2.21. The van der Waals surface area contributed by atoms with Gasteiger partial charge in [0.1, 0.15) is 11.5 Å². The Morgan fingerprint density at radius 1 is 1.40 bits per heavy atom. The SMILES string of the molecule is CN=C(N)OCCc1cc(NC(=O)c2ncc(Cl)cc2Cl)ccc1F. The van der Waals surface area contributed by atoms with Crippen molar-refractivity contribution in [2.24, 2.45) is 10.7 Å². The van der Waals surface area contributed by atoms with Crippen LogP contribution in [0.3, 0.4) is 0 Å². The number of aromatic nitrogens is 1. The molecule has 0 aliphatic carbocycles. The molecule has 2 aromatic rings. The number of nitrogens with two attached hydrogens (primary N) is 1. The molecule has 0 aliphatic heterocycles. The van der Waals surface area contributed by atoms with Gasteiger partial charge < -0.3 is 15.8 Å². The third-order valence-corrected chi connectivity index (χ3v) is 3.66. The number of aliphatic imine (C=N–C) groups is 1. The van der Waals surface area contributed by atoms with Crippen LogP contribution in [0.15, 0.2) is 35.5 Å². The molecule has 1 aromatic heterocycles. The maximum Gasteiger partial charge on any atom is 0.281 e. The fourth-order valence-corrected chi connectivity index (χ4v) is 2.41. The van der Waals surface area contributed by atoms with Crippen LogP contribution in [0.2, 0.25) is 10.0 Å². The summed E-state index contributed by atoms with van der Waals surface area (Å²) in [6, 6.07) is 5.62. The molecule has 0 bridgehead atoms. The average Bonchev–Trinajstić information content (AvgIpc) is 2.57. The Morgan fingerprint density at radius 2 is 2.16 bits per heavy atom. The van der Waals surface area contributed by atoms with Crippen molar-refractivity contribution < 1.29 is 13.9 Å². The van der Waals surface area contributed by atoms with Crippen molar-refractivity contribution in [3.63, 3.8) is 0 Å². The second kappa shape index (κ2) is 8.64. The second-order valence-electron chi connectivity index (χ2n) is 4.90. The predicted molar refractivity (Wildman–Crippen MR) is 95.8 cm³/mol. The minimum atomic E-state index is -0.530. The van der Waals surface area contributed by atoms with Gasteiger partial charge >= 0.3 is 0 Å². The normalized spacial score (nSPS) is 11.3. The molecule has 0 radical (unpaired) electrons. The van der Waals surface area contributed by atoms with Gasteiger partial charge in [-0.25, -0.2) is 14.4 Å². The summed E-state index contributed by atoms with van der Waals surface area (Å²) in [6.07, 6.45) is 1.57. The Morgan fingerprint density at radius 3 is 2.84 bits per heavy atom. The molecule has 0 saturated carbocycles. The Bertz CT molecular complexity index is 815. The maximum atomic E-state index is 13.9. The molecule has 1 amide bonds. The number of rotatable bonds is 5. The number of halogens is 3. The Balaban J connectivity index is 2.09. The van der Waals surface area contributed by atoms with Crippen LogP contribution >= 0.6 is 23.2 Å². The fourth-order valence-electron chi connectivity index (χ4n) is 1.95. The van der Waals surface area contributed by atoms with Gasteiger partial charge in [0.05, 0.1) is 16.7 Å². The summed E-state index contributed by atoms with van der Waals surface area (Å²) >= 11 is 11.7. The topological polar surface area (TPSA) is 89.6 Å². The van der Waals surface area contributed by atoms with E-state index < -0.39 is 11.7 Å². The van der Waals surface area contributed by atoms with Gasteiger partial charge in [0.25, 0.3) is 11.9 Å². The summed E-state index contributed by atoms with van der Waals surface area (Å²) in [6.45, 7) is 0.155. The third kappa shape index (κ3) is 5.30. The predicted octanol–water partition coefficient (Wildman–Crippen LogP) is 3.28. The molecule has 9 heteroatoms. The van der Waals surface area contributed by atoms with E-state index in [9.17, 15) is 9.18 Å². The van der Waals surface area contributed by atoms with Crippen LogP contribution in [0, 0.1) is 5.82 Å². The third-order valence-electron chi connectivity index (χ3n) is 3.17. The number of hydrogen-bond acceptors (Lipinski definition) is 4. The van der Waals surface area contributed by atoms with Crippen molar-refractivity contribution in [3.05, 3.63) is 57.6 Å². The van der Waals surface area contributed by atoms with Crippen molar-refractivity contribution in [3.8, 4) is 0 Å². The number of carbonyl (C=O) groups excluding carboxylic acids is 1. The molecule has 0 saturated heterocycles. The lowest BCUT2D eigenvalue weighted by Crippen LogP contribution is -2.18. The van der Waals surface area contributed by atoms with Gasteiger partial charge in [-0.3, -0.25) is 4.79 Å². The molecule has 1 heterocycles. The average molecular weight is 385 g/mol. The molecule has 2 rings (SSSR count). The van der Waals surface area contributed by atoms with Gasteiger partial charge in [0, 0.05) is 25.4 Å². The van der Waals surface area contributed by atoms with Gasteiger partial charge in [-0.15, -0.1) is 0 Å². The molecular weight excluding hydrogens is 370 g/mol. The number of anilines is 1. The molecule has 3 N–H and O–H groups in total. The van der Waals surface area contributed by atoms with Crippen molar-refractivity contribution in [1.29, 1.82) is 0 Å². The van der Waals surface area contributed by atoms with Gasteiger partial charge in [-0.2, -0.15) is 0 Å². The van der Waals surface area contributed by atoms with Gasteiger partial charge in [-0.05, 0) is 29.8 Å². The number of nitrogens with one attached hydrogen (secondary N) is 1. The molecule has 0 atom stereocenters. The first kappa shape index (κ1) is 19.0. The molecule has 0 unspecified atom stereocenters. The zero-order chi connectivity index (χ0) is 18.4. The Kier molecular flexibility index (Phi) is 6.55. The zero-order valence-corrected chi connectivity index (χ0v) is 14.7. The summed E-state index contributed by atoms with van der Waals surface area (Å²) < 4.78 is 19.0. The maximum absolute atomic E-state index is 13.9. The smallest absolute Gasteiger partial charge is 0.281 e. The quantitative estimate of drug-likeness (QED) is 0.611. The summed E-state index contributed by atoms with van der Waals surface area (Å²) in [4.78, 5) is 19.8. The van der Waals surface area contributed by atoms with Crippen LogP contribution in [-0.4, -0.2) is 30.6 Å². The minimum absolute atomic E-state index is 0.0206. The van der Waals surface area contributed by atoms with Crippen LogP contribution in [-0.2, 0) is 11.2 Å². The number of benzene rings is 1. The summed E-state index contributed by atoms with van der Waals surface area (Å²) in [5, 5.41) is 3.05. The molecule has 25 heavy (non-hydrogen) atoms. The number of ether oxygens (including phenoxy) is 1. The van der Waals surface area contributed by atoms with Crippen LogP contribution in [0.4, 0.5) is 10.1 Å². The fraction of sp³-hybridized carbons (Fsp3) is 0.188. The Labute approximate surface area is 153 Å². The van der Waals surface area contributed by atoms with Gasteiger partial charge in [0.2, 0.25) is 0 Å². The standard InChI is InChI=1S/C16H15Cl2FN4O2/c1-21-16(20)25-5-4-9-6-11(2-3-13(9)19)23-15(24)14-12(18)7-10(17)8-22-14/h2-3,6-8H,4-5H2,1H3,(H2,20,21)(H,23,24). The number of nitrogens with zero attached hydrogens (tertiary/aromatic N) is 2. The van der Waals surface area contributed by atoms with E-state index in [-0.39, 0.29) is 29.8 Å². The first-order valence-corrected chi connectivity index (χ1v) is 7.92. The summed E-state index contributed by atoms with van der Waals surface area (Å²) in [7, 11) is 1.49. The second-order valence-corrected chi connectivity index (χ2v) is 5.75. The molecule has 0 fully saturated rings. The number of carbonyl (C=O) groups is 1. The first-order chi connectivity index (χ1) is 11.9. The van der Waals surface area contributed by atoms with Gasteiger partial charge in [0.15, 0.2) is 0 Å². The van der Waals surface area contributed by atoms with Crippen LogP contribution in [0.25, 0.3) is 0 Å². The van der Waals surface area contributed by atoms with E-state index in [0.717, 1.165) is 0 Å². The highest BCUT2D eigenvalue weighted by atomic mass is 35.5. The van der Waals surface area contributed by atoms with E-state index in [0.29, 0.717) is 16.3 Å². The molecular formula is C16H15Cl2FN4O2. The number of hydrogen-bond donors (Lipinski definition) is 2. The summed E-state index contributed by atoms with van der Waals surface area (Å²) in [5.41, 5.74) is 6.18. The van der Waals surface area contributed by atoms with E-state index in [4.69, 9.17) is 33.7 Å². The van der Waals surface area contributed by atoms with Crippen LogP contribution in [0.5, 0.6) is 0 Å². The van der Waals surface area contributed by atoms with Crippen molar-refractivity contribution in [1.82, 2.24) is 4.98 Å². The molecule has 132 valence electrons. The minimum Gasteiger partial charge on any atom is -0.465 e.